The number of nitrogens with zero attached hydrogens (tertiary/aromatic N) is 4. The summed E-state index contributed by atoms with van der Waals surface area (Å²) in [4.78, 5) is 21.3. The number of amides is 1. The minimum absolute atomic E-state index is 0.0307. The zero-order valence-electron chi connectivity index (χ0n) is 17.4. The van der Waals surface area contributed by atoms with Gasteiger partial charge in [-0.05, 0) is 52.3 Å². The molecule has 7 heteroatoms. The molecule has 0 aliphatic rings. The molecular weight excluding hydrogens is 366 g/mol. The van der Waals surface area contributed by atoms with Crippen molar-refractivity contribution in [2.45, 2.75) is 40.5 Å². The summed E-state index contributed by atoms with van der Waals surface area (Å²) in [6.45, 7) is 8.84. The van der Waals surface area contributed by atoms with E-state index in [-0.39, 0.29) is 12.3 Å². The standard InChI is InChI=1S/C22H27N5O2/c1-15-13-16(2)25-22(24-15)27-18(4)20(17(3)26-27)14-21(28)23-11-8-12-29-19-9-6-5-7-10-19/h5-7,9-10,13H,8,11-12,14H2,1-4H3,(H,23,28). The quantitative estimate of drug-likeness (QED) is 0.595. The lowest BCUT2D eigenvalue weighted by Gasteiger charge is -2.08. The molecule has 2 aromatic heterocycles. The van der Waals surface area contributed by atoms with Crippen LogP contribution < -0.4 is 10.1 Å². The van der Waals surface area contributed by atoms with E-state index < -0.39 is 0 Å². The van der Waals surface area contributed by atoms with Gasteiger partial charge in [-0.1, -0.05) is 18.2 Å². The van der Waals surface area contributed by atoms with Crippen LogP contribution in [0, 0.1) is 27.7 Å². The van der Waals surface area contributed by atoms with Gasteiger partial charge in [-0.15, -0.1) is 0 Å². The van der Waals surface area contributed by atoms with Crippen LogP contribution >= 0.6 is 0 Å². The van der Waals surface area contributed by atoms with Gasteiger partial charge in [0.1, 0.15) is 5.75 Å². The fraction of sp³-hybridized carbons (Fsp3) is 0.364. The van der Waals surface area contributed by atoms with E-state index >= 15 is 0 Å². The van der Waals surface area contributed by atoms with Crippen molar-refractivity contribution in [2.75, 3.05) is 13.2 Å². The fourth-order valence-corrected chi connectivity index (χ4v) is 3.16. The summed E-state index contributed by atoms with van der Waals surface area (Å²) in [5, 5.41) is 7.50. The molecule has 3 aromatic rings. The van der Waals surface area contributed by atoms with Crippen molar-refractivity contribution in [1.29, 1.82) is 0 Å². The molecule has 0 fully saturated rings. The third-order valence-corrected chi connectivity index (χ3v) is 4.59. The number of aryl methyl sites for hydroxylation is 3. The van der Waals surface area contributed by atoms with Gasteiger partial charge in [0.15, 0.2) is 0 Å². The van der Waals surface area contributed by atoms with Crippen LogP contribution in [0.25, 0.3) is 5.95 Å². The lowest BCUT2D eigenvalue weighted by molar-refractivity contribution is -0.120. The molecule has 0 saturated carbocycles. The summed E-state index contributed by atoms with van der Waals surface area (Å²) in [5.74, 6) is 1.34. The number of hydrogen-bond donors (Lipinski definition) is 1. The van der Waals surface area contributed by atoms with Crippen molar-refractivity contribution < 1.29 is 9.53 Å². The number of nitrogens with one attached hydrogen (secondary N) is 1. The highest BCUT2D eigenvalue weighted by Crippen LogP contribution is 2.17. The second-order valence-electron chi connectivity index (χ2n) is 7.05. The zero-order chi connectivity index (χ0) is 20.8. The monoisotopic (exact) mass is 393 g/mol. The smallest absolute Gasteiger partial charge is 0.251 e. The Balaban J connectivity index is 1.54. The molecular formula is C22H27N5O2. The average Bonchev–Trinajstić information content (AvgIpc) is 2.96. The lowest BCUT2D eigenvalue weighted by atomic mass is 10.1. The third-order valence-electron chi connectivity index (χ3n) is 4.59. The summed E-state index contributed by atoms with van der Waals surface area (Å²) in [7, 11) is 0. The number of benzene rings is 1. The maximum absolute atomic E-state index is 12.4. The van der Waals surface area contributed by atoms with Crippen LogP contribution in [0.4, 0.5) is 0 Å². The Morgan fingerprint density at radius 1 is 1.07 bits per heavy atom. The number of hydrogen-bond acceptors (Lipinski definition) is 5. The molecule has 29 heavy (non-hydrogen) atoms. The van der Waals surface area contributed by atoms with Crippen LogP contribution in [0.3, 0.4) is 0 Å². The Labute approximate surface area is 171 Å². The van der Waals surface area contributed by atoms with Crippen LogP contribution in [0.2, 0.25) is 0 Å². The number of rotatable bonds is 8. The molecule has 0 spiro atoms. The van der Waals surface area contributed by atoms with E-state index in [0.29, 0.717) is 19.1 Å². The van der Waals surface area contributed by atoms with Crippen molar-refractivity contribution in [1.82, 2.24) is 25.1 Å². The average molecular weight is 393 g/mol. The van der Waals surface area contributed by atoms with Crippen LogP contribution in [0.1, 0.15) is 34.8 Å². The molecule has 7 nitrogen and oxygen atoms in total. The highest BCUT2D eigenvalue weighted by Gasteiger charge is 2.17. The van der Waals surface area contributed by atoms with Gasteiger partial charge < -0.3 is 10.1 Å². The van der Waals surface area contributed by atoms with Gasteiger partial charge in [0.2, 0.25) is 5.91 Å². The van der Waals surface area contributed by atoms with Gasteiger partial charge >= 0.3 is 0 Å². The summed E-state index contributed by atoms with van der Waals surface area (Å²) in [6, 6.07) is 11.6. The molecule has 1 aromatic carbocycles. The molecule has 0 atom stereocenters. The first-order chi connectivity index (χ1) is 13.9. The van der Waals surface area contributed by atoms with Crippen LogP contribution in [0.15, 0.2) is 36.4 Å². The maximum Gasteiger partial charge on any atom is 0.251 e. The number of aromatic nitrogens is 4. The SMILES string of the molecule is Cc1cc(C)nc(-n2nc(C)c(CC(=O)NCCCOc3ccccc3)c2C)n1. The van der Waals surface area contributed by atoms with E-state index in [9.17, 15) is 4.79 Å². The molecule has 2 heterocycles. The highest BCUT2D eigenvalue weighted by molar-refractivity contribution is 5.79. The van der Waals surface area contributed by atoms with Crippen molar-refractivity contribution >= 4 is 5.91 Å². The molecule has 0 aliphatic heterocycles. The fourth-order valence-electron chi connectivity index (χ4n) is 3.16. The Bertz CT molecular complexity index is 962. The minimum Gasteiger partial charge on any atom is -0.494 e. The Morgan fingerprint density at radius 2 is 1.76 bits per heavy atom. The number of carbonyl (C=O) groups is 1. The van der Waals surface area contributed by atoms with Gasteiger partial charge in [-0.2, -0.15) is 5.10 Å². The van der Waals surface area contributed by atoms with Crippen molar-refractivity contribution in [3.8, 4) is 11.7 Å². The predicted octanol–water partition coefficient (Wildman–Crippen LogP) is 3.02. The molecule has 0 radical (unpaired) electrons. The summed E-state index contributed by atoms with van der Waals surface area (Å²) in [5.41, 5.74) is 4.38. The third kappa shape index (κ3) is 5.40. The van der Waals surface area contributed by atoms with E-state index in [4.69, 9.17) is 4.74 Å². The molecule has 0 aliphatic carbocycles. The maximum atomic E-state index is 12.4. The van der Waals surface area contributed by atoms with Crippen LogP contribution in [0.5, 0.6) is 5.75 Å². The molecule has 0 bridgehead atoms. The Morgan fingerprint density at radius 3 is 2.45 bits per heavy atom. The molecule has 3 rings (SSSR count). The lowest BCUT2D eigenvalue weighted by Crippen LogP contribution is -2.27. The molecule has 1 amide bonds. The minimum atomic E-state index is -0.0307. The van der Waals surface area contributed by atoms with Gasteiger partial charge in [0.05, 0.1) is 18.7 Å². The van der Waals surface area contributed by atoms with Gasteiger partial charge in [-0.3, -0.25) is 4.79 Å². The normalized spacial score (nSPS) is 10.8. The van der Waals surface area contributed by atoms with Crippen LogP contribution in [-0.4, -0.2) is 38.8 Å². The molecule has 0 unspecified atom stereocenters. The molecule has 1 N–H and O–H groups in total. The Hall–Kier alpha value is -3.22. The number of ether oxygens (including phenoxy) is 1. The van der Waals surface area contributed by atoms with Gasteiger partial charge in [-0.25, -0.2) is 14.6 Å². The molecule has 0 saturated heterocycles. The van der Waals surface area contributed by atoms with Crippen molar-refractivity contribution in [2.24, 2.45) is 0 Å². The number of para-hydroxylation sites is 1. The van der Waals surface area contributed by atoms with Crippen LogP contribution in [-0.2, 0) is 11.2 Å². The van der Waals surface area contributed by atoms with Crippen molar-refractivity contribution in [3.05, 3.63) is 64.7 Å². The topological polar surface area (TPSA) is 81.9 Å². The predicted molar refractivity (Wildman–Crippen MR) is 111 cm³/mol. The summed E-state index contributed by atoms with van der Waals surface area (Å²) in [6.07, 6.45) is 1.02. The Kier molecular flexibility index (Phi) is 6.59. The van der Waals surface area contributed by atoms with Gasteiger partial charge in [0.25, 0.3) is 5.95 Å². The highest BCUT2D eigenvalue weighted by atomic mass is 16.5. The van der Waals surface area contributed by atoms with E-state index in [2.05, 4.69) is 20.4 Å². The number of carbonyl (C=O) groups excluding carboxylic acids is 1. The largest absolute Gasteiger partial charge is 0.494 e. The summed E-state index contributed by atoms with van der Waals surface area (Å²) < 4.78 is 7.35. The first kappa shape index (κ1) is 20.5. The van der Waals surface area contributed by atoms with Gasteiger partial charge in [0, 0.05) is 29.2 Å². The first-order valence-corrected chi connectivity index (χ1v) is 9.76. The van der Waals surface area contributed by atoms with Crippen molar-refractivity contribution in [3.63, 3.8) is 0 Å². The zero-order valence-corrected chi connectivity index (χ0v) is 17.4. The molecule has 152 valence electrons. The van der Waals surface area contributed by atoms with E-state index in [0.717, 1.165) is 40.5 Å². The van der Waals surface area contributed by atoms with E-state index in [1.165, 1.54) is 0 Å². The second kappa shape index (κ2) is 9.32. The first-order valence-electron chi connectivity index (χ1n) is 9.76. The second-order valence-corrected chi connectivity index (χ2v) is 7.05. The van der Waals surface area contributed by atoms with E-state index in [1.54, 1.807) is 4.68 Å². The van der Waals surface area contributed by atoms with E-state index in [1.807, 2.05) is 64.1 Å². The summed E-state index contributed by atoms with van der Waals surface area (Å²) >= 11 is 0.